The molecule has 0 aromatic carbocycles. The molecule has 0 saturated heterocycles. The predicted octanol–water partition coefficient (Wildman–Crippen LogP) is 3.93. The fourth-order valence-corrected chi connectivity index (χ4v) is 4.93. The topological polar surface area (TPSA) is 101 Å². The SMILES string of the molecule is N#Cc1c(-c2ccc(S(=O)(=O)NC(CF)CF)cn2)n(C2CCC2)c2cc(Cl)ncc12. The van der Waals surface area contributed by atoms with Crippen LogP contribution in [0.5, 0.6) is 0 Å². The summed E-state index contributed by atoms with van der Waals surface area (Å²) < 4.78 is 54.2. The monoisotopic (exact) mass is 465 g/mol. The van der Waals surface area contributed by atoms with Gasteiger partial charge in [-0.2, -0.15) is 5.26 Å². The molecule has 1 aliphatic carbocycles. The Balaban J connectivity index is 1.82. The summed E-state index contributed by atoms with van der Waals surface area (Å²) in [5.41, 5.74) is 2.11. The molecular formula is C20H18ClF2N5O2S. The van der Waals surface area contributed by atoms with Gasteiger partial charge in [-0.25, -0.2) is 26.9 Å². The highest BCUT2D eigenvalue weighted by molar-refractivity contribution is 7.89. The van der Waals surface area contributed by atoms with E-state index in [1.807, 2.05) is 9.29 Å². The van der Waals surface area contributed by atoms with E-state index >= 15 is 0 Å². The van der Waals surface area contributed by atoms with E-state index < -0.39 is 29.4 Å². The first-order valence-electron chi connectivity index (χ1n) is 9.59. The van der Waals surface area contributed by atoms with Gasteiger partial charge in [-0.05, 0) is 37.5 Å². The van der Waals surface area contributed by atoms with E-state index in [2.05, 4.69) is 16.0 Å². The molecule has 31 heavy (non-hydrogen) atoms. The van der Waals surface area contributed by atoms with Crippen LogP contribution in [0.15, 0.2) is 35.5 Å². The van der Waals surface area contributed by atoms with Gasteiger partial charge in [-0.3, -0.25) is 4.98 Å². The minimum absolute atomic E-state index is 0.166. The number of nitrogens with one attached hydrogen (secondary N) is 1. The molecule has 11 heteroatoms. The number of aromatic nitrogens is 3. The van der Waals surface area contributed by atoms with Crippen molar-refractivity contribution in [2.45, 2.75) is 36.2 Å². The molecule has 162 valence electrons. The number of hydrogen-bond donors (Lipinski definition) is 1. The number of nitriles is 1. The third-order valence-electron chi connectivity index (χ3n) is 5.39. The molecule has 4 rings (SSSR count). The molecule has 3 aromatic heterocycles. The molecule has 0 amide bonds. The van der Waals surface area contributed by atoms with Crippen LogP contribution in [0.2, 0.25) is 5.15 Å². The number of sulfonamides is 1. The fraction of sp³-hybridized carbons (Fsp3) is 0.350. The minimum Gasteiger partial charge on any atom is -0.335 e. The van der Waals surface area contributed by atoms with Crippen LogP contribution in [0.3, 0.4) is 0 Å². The summed E-state index contributed by atoms with van der Waals surface area (Å²) in [5.74, 6) is 0. The van der Waals surface area contributed by atoms with Gasteiger partial charge in [-0.1, -0.05) is 11.6 Å². The average molecular weight is 466 g/mol. The normalized spacial score (nSPS) is 14.7. The largest absolute Gasteiger partial charge is 0.335 e. The first kappa shape index (κ1) is 21.6. The van der Waals surface area contributed by atoms with Crippen LogP contribution >= 0.6 is 11.6 Å². The molecular weight excluding hydrogens is 448 g/mol. The van der Waals surface area contributed by atoms with Crippen LogP contribution in [-0.4, -0.2) is 42.3 Å². The van der Waals surface area contributed by atoms with Crippen LogP contribution in [0.25, 0.3) is 22.3 Å². The second kappa shape index (κ2) is 8.49. The highest BCUT2D eigenvalue weighted by atomic mass is 35.5. The maximum atomic E-state index is 12.7. The first-order chi connectivity index (χ1) is 14.9. The molecule has 1 N–H and O–H groups in total. The Morgan fingerprint density at radius 3 is 2.55 bits per heavy atom. The molecule has 0 unspecified atom stereocenters. The maximum absolute atomic E-state index is 12.7. The van der Waals surface area contributed by atoms with Crippen molar-refractivity contribution in [2.75, 3.05) is 13.3 Å². The summed E-state index contributed by atoms with van der Waals surface area (Å²) >= 11 is 6.09. The van der Waals surface area contributed by atoms with Crippen molar-refractivity contribution in [1.82, 2.24) is 19.3 Å². The van der Waals surface area contributed by atoms with Crippen molar-refractivity contribution >= 4 is 32.5 Å². The van der Waals surface area contributed by atoms with E-state index in [4.69, 9.17) is 11.6 Å². The van der Waals surface area contributed by atoms with Gasteiger partial charge in [0.25, 0.3) is 0 Å². The van der Waals surface area contributed by atoms with Crippen LogP contribution < -0.4 is 4.72 Å². The number of nitrogens with zero attached hydrogens (tertiary/aromatic N) is 4. The van der Waals surface area contributed by atoms with Gasteiger partial charge in [0.15, 0.2) is 0 Å². The zero-order chi connectivity index (χ0) is 22.2. The Kier molecular flexibility index (Phi) is 5.92. The van der Waals surface area contributed by atoms with Gasteiger partial charge in [0.1, 0.15) is 29.5 Å². The van der Waals surface area contributed by atoms with E-state index in [1.165, 1.54) is 12.1 Å². The lowest BCUT2D eigenvalue weighted by molar-refractivity contribution is 0.324. The predicted molar refractivity (Wildman–Crippen MR) is 112 cm³/mol. The second-order valence-corrected chi connectivity index (χ2v) is 9.42. The molecule has 0 bridgehead atoms. The van der Waals surface area contributed by atoms with E-state index in [9.17, 15) is 22.5 Å². The fourth-order valence-electron chi connectivity index (χ4n) is 3.64. The summed E-state index contributed by atoms with van der Waals surface area (Å²) in [6.45, 7) is -2.32. The molecule has 3 heterocycles. The van der Waals surface area contributed by atoms with Crippen molar-refractivity contribution in [1.29, 1.82) is 5.26 Å². The summed E-state index contributed by atoms with van der Waals surface area (Å²) in [7, 11) is -4.14. The van der Waals surface area contributed by atoms with Crippen molar-refractivity contribution in [3.63, 3.8) is 0 Å². The Bertz CT molecular complexity index is 1260. The van der Waals surface area contributed by atoms with Crippen molar-refractivity contribution in [3.05, 3.63) is 41.3 Å². The van der Waals surface area contributed by atoms with Gasteiger partial charge >= 0.3 is 0 Å². The molecule has 0 aliphatic heterocycles. The smallest absolute Gasteiger partial charge is 0.242 e. The number of alkyl halides is 2. The number of fused-ring (bicyclic) bond motifs is 1. The summed E-state index contributed by atoms with van der Waals surface area (Å²) in [6, 6.07) is 5.41. The van der Waals surface area contributed by atoms with E-state index in [1.54, 1.807) is 12.3 Å². The third kappa shape index (κ3) is 3.89. The molecule has 1 fully saturated rings. The Labute approximate surface area is 182 Å². The zero-order valence-corrected chi connectivity index (χ0v) is 17.8. The first-order valence-corrected chi connectivity index (χ1v) is 11.5. The minimum atomic E-state index is -4.14. The standard InChI is InChI=1S/C20H18ClF2N5O2S/c21-19-6-18-16(11-26-19)15(9-24)20(28(18)13-2-1-3-13)17-5-4-14(10-25-17)31(29,30)27-12(7-22)8-23/h4-6,10-13,27H,1-3,7-8H2. The Hall–Kier alpha value is -2.61. The quantitative estimate of drug-likeness (QED) is 0.533. The summed E-state index contributed by atoms with van der Waals surface area (Å²) in [6.07, 6.45) is 5.59. The van der Waals surface area contributed by atoms with Crippen LogP contribution in [0.1, 0.15) is 30.9 Å². The lowest BCUT2D eigenvalue weighted by Crippen LogP contribution is -2.37. The number of halogens is 3. The zero-order valence-electron chi connectivity index (χ0n) is 16.2. The highest BCUT2D eigenvalue weighted by Gasteiger charge is 2.29. The summed E-state index contributed by atoms with van der Waals surface area (Å²) in [5, 5.41) is 10.8. The molecule has 0 atom stereocenters. The molecule has 3 aromatic rings. The average Bonchev–Trinajstić information content (AvgIpc) is 3.04. The van der Waals surface area contributed by atoms with Gasteiger partial charge in [0.2, 0.25) is 10.0 Å². The molecule has 1 saturated carbocycles. The molecule has 1 aliphatic rings. The van der Waals surface area contributed by atoms with Crippen molar-refractivity contribution < 1.29 is 17.2 Å². The lowest BCUT2D eigenvalue weighted by atomic mass is 9.92. The highest BCUT2D eigenvalue weighted by Crippen LogP contribution is 2.42. The van der Waals surface area contributed by atoms with E-state index in [0.717, 1.165) is 31.0 Å². The maximum Gasteiger partial charge on any atom is 0.242 e. The van der Waals surface area contributed by atoms with Gasteiger partial charge < -0.3 is 4.57 Å². The number of rotatable bonds is 7. The van der Waals surface area contributed by atoms with Gasteiger partial charge in [0, 0.05) is 23.8 Å². The van der Waals surface area contributed by atoms with Crippen LogP contribution in [0.4, 0.5) is 8.78 Å². The number of pyridine rings is 2. The lowest BCUT2D eigenvalue weighted by Gasteiger charge is -2.30. The van der Waals surface area contributed by atoms with E-state index in [-0.39, 0.29) is 10.9 Å². The second-order valence-electron chi connectivity index (χ2n) is 7.32. The van der Waals surface area contributed by atoms with E-state index in [0.29, 0.717) is 27.5 Å². The van der Waals surface area contributed by atoms with Gasteiger partial charge in [0.05, 0.1) is 28.5 Å². The molecule has 0 spiro atoms. The van der Waals surface area contributed by atoms with Gasteiger partial charge in [-0.15, -0.1) is 0 Å². The Morgan fingerprint density at radius 2 is 2.00 bits per heavy atom. The molecule has 0 radical (unpaired) electrons. The van der Waals surface area contributed by atoms with Crippen molar-refractivity contribution in [3.8, 4) is 17.5 Å². The molecule has 7 nitrogen and oxygen atoms in total. The number of hydrogen-bond acceptors (Lipinski definition) is 5. The third-order valence-corrected chi connectivity index (χ3v) is 7.10. The van der Waals surface area contributed by atoms with Crippen molar-refractivity contribution in [2.24, 2.45) is 0 Å². The van der Waals surface area contributed by atoms with Crippen LogP contribution in [0, 0.1) is 11.3 Å². The van der Waals surface area contributed by atoms with Crippen LogP contribution in [-0.2, 0) is 10.0 Å². The Morgan fingerprint density at radius 1 is 1.26 bits per heavy atom. The summed E-state index contributed by atoms with van der Waals surface area (Å²) in [4.78, 5) is 8.13.